The molecule has 1 aliphatic rings. The van der Waals surface area contributed by atoms with Crippen molar-refractivity contribution < 1.29 is 0 Å². The highest BCUT2D eigenvalue weighted by Crippen LogP contribution is 2.26. The lowest BCUT2D eigenvalue weighted by Crippen LogP contribution is -2.59. The number of rotatable bonds is 4. The van der Waals surface area contributed by atoms with E-state index < -0.39 is 0 Å². The highest BCUT2D eigenvalue weighted by molar-refractivity contribution is 7.98. The molecule has 0 aliphatic carbocycles. The van der Waals surface area contributed by atoms with Crippen molar-refractivity contribution in [1.82, 2.24) is 29.5 Å². The van der Waals surface area contributed by atoms with Crippen molar-refractivity contribution in [3.05, 3.63) is 31.0 Å². The topological polar surface area (TPSA) is 75.3 Å². The molecule has 4 rings (SSSR count). The van der Waals surface area contributed by atoms with Gasteiger partial charge in [-0.15, -0.1) is 10.2 Å². The number of likely N-dealkylation sites (N-methyl/N-ethyl adjacent to an activating group) is 1. The second-order valence-electron chi connectivity index (χ2n) is 5.38. The smallest absolute Gasteiger partial charge is 0.203 e. The predicted octanol–water partition coefficient (Wildman–Crippen LogP) is 0.961. The van der Waals surface area contributed by atoms with Gasteiger partial charge in [-0.1, -0.05) is 11.8 Å². The zero-order chi connectivity index (χ0) is 15.8. The number of anilines is 2. The fraction of sp³-hybridized carbons (Fsp3) is 0.357. The highest BCUT2D eigenvalue weighted by Gasteiger charge is 2.33. The van der Waals surface area contributed by atoms with E-state index in [4.69, 9.17) is 0 Å². The highest BCUT2D eigenvalue weighted by atomic mass is 32.2. The van der Waals surface area contributed by atoms with E-state index >= 15 is 0 Å². The maximum Gasteiger partial charge on any atom is 0.203 e. The Labute approximate surface area is 137 Å². The Kier molecular flexibility index (Phi) is 3.49. The molecule has 118 valence electrons. The van der Waals surface area contributed by atoms with Crippen molar-refractivity contribution >= 4 is 29.0 Å². The predicted molar refractivity (Wildman–Crippen MR) is 89.0 cm³/mol. The van der Waals surface area contributed by atoms with Crippen LogP contribution in [-0.4, -0.2) is 62.0 Å². The van der Waals surface area contributed by atoms with Crippen LogP contribution in [0.3, 0.4) is 0 Å². The van der Waals surface area contributed by atoms with Crippen molar-refractivity contribution in [2.45, 2.75) is 11.2 Å². The van der Waals surface area contributed by atoms with Crippen molar-refractivity contribution in [3.63, 3.8) is 0 Å². The van der Waals surface area contributed by atoms with E-state index in [-0.39, 0.29) is 0 Å². The van der Waals surface area contributed by atoms with Gasteiger partial charge in [0, 0.05) is 38.7 Å². The number of thioether (sulfide) groups is 1. The molecule has 23 heavy (non-hydrogen) atoms. The first-order valence-electron chi connectivity index (χ1n) is 7.25. The third-order valence-corrected chi connectivity index (χ3v) is 4.63. The van der Waals surface area contributed by atoms with Gasteiger partial charge in [-0.05, 0) is 12.3 Å². The van der Waals surface area contributed by atoms with Gasteiger partial charge >= 0.3 is 0 Å². The van der Waals surface area contributed by atoms with E-state index in [0.29, 0.717) is 6.04 Å². The number of nitrogens with zero attached hydrogens (tertiary/aromatic N) is 8. The molecular formula is C14H16N8S. The first-order valence-corrected chi connectivity index (χ1v) is 8.48. The molecule has 0 amide bonds. The van der Waals surface area contributed by atoms with Crippen molar-refractivity contribution in [2.75, 3.05) is 36.2 Å². The van der Waals surface area contributed by atoms with Crippen LogP contribution in [0.1, 0.15) is 0 Å². The second-order valence-corrected chi connectivity index (χ2v) is 6.16. The standard InChI is InChI=1S/C14H16N8S/c1-20(11-3-4-16-14(18-11)23-2)10-7-22(8-10)12-13-19-17-9-21(13)6-5-15-12/h3-6,9-10H,7-8H2,1-2H3. The lowest BCUT2D eigenvalue weighted by molar-refractivity contribution is 0.489. The Hall–Kier alpha value is -2.42. The lowest BCUT2D eigenvalue weighted by atomic mass is 10.1. The van der Waals surface area contributed by atoms with Crippen LogP contribution < -0.4 is 9.80 Å². The van der Waals surface area contributed by atoms with Gasteiger partial charge in [0.15, 0.2) is 11.0 Å². The molecule has 0 saturated carbocycles. The molecule has 0 radical (unpaired) electrons. The Balaban J connectivity index is 1.49. The third-order valence-electron chi connectivity index (χ3n) is 4.07. The SMILES string of the molecule is CSc1nccc(N(C)C2CN(c3nccn4cnnc34)C2)n1. The molecule has 0 N–H and O–H groups in total. The third kappa shape index (κ3) is 2.46. The minimum absolute atomic E-state index is 0.393. The lowest BCUT2D eigenvalue weighted by Gasteiger charge is -2.44. The molecule has 0 unspecified atom stereocenters. The van der Waals surface area contributed by atoms with E-state index in [1.165, 1.54) is 0 Å². The van der Waals surface area contributed by atoms with Crippen LogP contribution in [0.4, 0.5) is 11.6 Å². The first-order chi connectivity index (χ1) is 11.3. The molecule has 0 bridgehead atoms. The molecule has 8 nitrogen and oxygen atoms in total. The molecule has 9 heteroatoms. The summed E-state index contributed by atoms with van der Waals surface area (Å²) < 4.78 is 1.88. The zero-order valence-electron chi connectivity index (χ0n) is 12.9. The van der Waals surface area contributed by atoms with Crippen molar-refractivity contribution in [1.29, 1.82) is 0 Å². The van der Waals surface area contributed by atoms with E-state index in [0.717, 1.165) is 35.5 Å². The zero-order valence-corrected chi connectivity index (χ0v) is 13.7. The van der Waals surface area contributed by atoms with Gasteiger partial charge in [0.2, 0.25) is 5.65 Å². The summed E-state index contributed by atoms with van der Waals surface area (Å²) in [7, 11) is 2.07. The minimum Gasteiger partial charge on any atom is -0.353 e. The van der Waals surface area contributed by atoms with E-state index in [1.54, 1.807) is 30.5 Å². The monoisotopic (exact) mass is 328 g/mol. The Morgan fingerprint density at radius 3 is 2.96 bits per heavy atom. The summed E-state index contributed by atoms with van der Waals surface area (Å²) in [6, 6.07) is 2.34. The van der Waals surface area contributed by atoms with Crippen LogP contribution in [0.25, 0.3) is 5.65 Å². The van der Waals surface area contributed by atoms with Crippen LogP contribution in [-0.2, 0) is 0 Å². The maximum absolute atomic E-state index is 4.55. The van der Waals surface area contributed by atoms with Crippen LogP contribution >= 0.6 is 11.8 Å². The molecule has 3 aromatic rings. The van der Waals surface area contributed by atoms with Crippen LogP contribution in [0, 0.1) is 0 Å². The summed E-state index contributed by atoms with van der Waals surface area (Å²) in [5, 5.41) is 8.88. The Morgan fingerprint density at radius 2 is 2.13 bits per heavy atom. The van der Waals surface area contributed by atoms with Crippen LogP contribution in [0.5, 0.6) is 0 Å². The molecule has 0 atom stereocenters. The molecule has 1 aliphatic heterocycles. The molecule has 1 fully saturated rings. The minimum atomic E-state index is 0.393. The number of aromatic nitrogens is 6. The average molecular weight is 328 g/mol. The fourth-order valence-corrected chi connectivity index (χ4v) is 3.01. The number of hydrogen-bond donors (Lipinski definition) is 0. The number of fused-ring (bicyclic) bond motifs is 1. The van der Waals surface area contributed by atoms with E-state index in [9.17, 15) is 0 Å². The largest absolute Gasteiger partial charge is 0.353 e. The van der Waals surface area contributed by atoms with Gasteiger partial charge < -0.3 is 9.80 Å². The average Bonchev–Trinajstić information content (AvgIpc) is 3.03. The van der Waals surface area contributed by atoms with Crippen molar-refractivity contribution in [2.24, 2.45) is 0 Å². The maximum atomic E-state index is 4.55. The summed E-state index contributed by atoms with van der Waals surface area (Å²) >= 11 is 1.55. The quantitative estimate of drug-likeness (QED) is 0.518. The van der Waals surface area contributed by atoms with Gasteiger partial charge in [0.05, 0.1) is 6.04 Å². The molecule has 0 aromatic carbocycles. The second kappa shape index (κ2) is 5.65. The van der Waals surface area contributed by atoms with E-state index in [2.05, 4.69) is 42.0 Å². The normalized spacial score (nSPS) is 15.0. The summed E-state index contributed by atoms with van der Waals surface area (Å²) in [4.78, 5) is 17.6. The van der Waals surface area contributed by atoms with E-state index in [1.807, 2.05) is 22.9 Å². The summed E-state index contributed by atoms with van der Waals surface area (Å²) in [5.74, 6) is 1.82. The van der Waals surface area contributed by atoms with Gasteiger partial charge in [-0.25, -0.2) is 15.0 Å². The van der Waals surface area contributed by atoms with Crippen LogP contribution in [0.15, 0.2) is 36.1 Å². The molecular weight excluding hydrogens is 312 g/mol. The van der Waals surface area contributed by atoms with Crippen LogP contribution in [0.2, 0.25) is 0 Å². The summed E-state index contributed by atoms with van der Waals surface area (Å²) in [6.45, 7) is 1.77. The van der Waals surface area contributed by atoms with Gasteiger partial charge in [0.1, 0.15) is 12.1 Å². The number of hydrogen-bond acceptors (Lipinski definition) is 8. The van der Waals surface area contributed by atoms with Gasteiger partial charge in [0.25, 0.3) is 0 Å². The fourth-order valence-electron chi connectivity index (χ4n) is 2.66. The van der Waals surface area contributed by atoms with Gasteiger partial charge in [-0.3, -0.25) is 4.40 Å². The summed E-state index contributed by atoms with van der Waals surface area (Å²) in [6.07, 6.45) is 9.11. The molecule has 4 heterocycles. The Morgan fingerprint density at radius 1 is 1.26 bits per heavy atom. The first kappa shape index (κ1) is 14.2. The Bertz CT molecular complexity index is 828. The molecule has 3 aromatic heterocycles. The molecule has 1 saturated heterocycles. The summed E-state index contributed by atoms with van der Waals surface area (Å²) in [5.41, 5.74) is 0.792. The van der Waals surface area contributed by atoms with Crippen molar-refractivity contribution in [3.8, 4) is 0 Å². The molecule has 0 spiro atoms. The van der Waals surface area contributed by atoms with Gasteiger partial charge in [-0.2, -0.15) is 0 Å².